The maximum absolute atomic E-state index is 12.7. The highest BCUT2D eigenvalue weighted by atomic mass is 19.4. The van der Waals surface area contributed by atoms with E-state index in [9.17, 15) is 39.5 Å². The van der Waals surface area contributed by atoms with Crippen LogP contribution < -0.4 is 0 Å². The zero-order chi connectivity index (χ0) is 13.7. The lowest BCUT2D eigenvalue weighted by molar-refractivity contribution is -0.272. The molecule has 0 saturated carbocycles. The van der Waals surface area contributed by atoms with Crippen LogP contribution in [0.15, 0.2) is 11.8 Å². The summed E-state index contributed by atoms with van der Waals surface area (Å²) in [6, 6.07) is 0. The highest BCUT2D eigenvalue weighted by molar-refractivity contribution is 5.28. The van der Waals surface area contributed by atoms with Crippen LogP contribution in [0.2, 0.25) is 0 Å². The number of halogens is 9. The summed E-state index contributed by atoms with van der Waals surface area (Å²) in [4.78, 5) is 0. The third kappa shape index (κ3) is 2.16. The van der Waals surface area contributed by atoms with Crippen molar-refractivity contribution in [3.05, 3.63) is 11.8 Å². The van der Waals surface area contributed by atoms with Gasteiger partial charge in [0, 0.05) is 6.08 Å². The van der Waals surface area contributed by atoms with Gasteiger partial charge in [-0.05, 0) is 0 Å². The lowest BCUT2D eigenvalue weighted by atomic mass is 10.2. The van der Waals surface area contributed by atoms with Crippen molar-refractivity contribution in [2.24, 2.45) is 0 Å². The van der Waals surface area contributed by atoms with Crippen molar-refractivity contribution in [1.29, 1.82) is 0 Å². The van der Waals surface area contributed by atoms with Crippen LogP contribution in [0.4, 0.5) is 39.5 Å². The van der Waals surface area contributed by atoms with Gasteiger partial charge in [-0.3, -0.25) is 0 Å². The highest BCUT2D eigenvalue weighted by Crippen LogP contribution is 2.55. The van der Waals surface area contributed by atoms with E-state index in [1.165, 1.54) is 0 Å². The van der Waals surface area contributed by atoms with E-state index in [1.54, 1.807) is 0 Å². The first kappa shape index (κ1) is 14.0. The summed E-state index contributed by atoms with van der Waals surface area (Å²) < 4.78 is 113. The van der Waals surface area contributed by atoms with Crippen LogP contribution >= 0.6 is 0 Å². The van der Waals surface area contributed by atoms with Crippen LogP contribution in [0.3, 0.4) is 0 Å². The molecule has 17 heavy (non-hydrogen) atoms. The molecule has 0 aliphatic heterocycles. The summed E-state index contributed by atoms with van der Waals surface area (Å²) in [7, 11) is 0. The fourth-order valence-electron chi connectivity index (χ4n) is 1.00. The first-order valence-electron chi connectivity index (χ1n) is 3.87. The number of rotatable bonds is 2. The Morgan fingerprint density at radius 1 is 1.00 bits per heavy atom. The number of alkyl halides is 9. The van der Waals surface area contributed by atoms with Crippen molar-refractivity contribution >= 4 is 0 Å². The van der Waals surface area contributed by atoms with E-state index in [4.69, 9.17) is 0 Å². The van der Waals surface area contributed by atoms with Crippen LogP contribution in [0.1, 0.15) is 0 Å². The summed E-state index contributed by atoms with van der Waals surface area (Å²) in [5.41, 5.74) is 0. The summed E-state index contributed by atoms with van der Waals surface area (Å²) >= 11 is 0. The predicted octanol–water partition coefficient (Wildman–Crippen LogP) is 3.37. The summed E-state index contributed by atoms with van der Waals surface area (Å²) in [5.74, 6) is -19.0. The molecule has 0 spiro atoms. The zero-order valence-electron chi connectivity index (χ0n) is 7.59. The third-order valence-electron chi connectivity index (χ3n) is 1.83. The van der Waals surface area contributed by atoms with Gasteiger partial charge in [-0.1, -0.05) is 0 Å². The van der Waals surface area contributed by atoms with E-state index < -0.39 is 42.4 Å². The van der Waals surface area contributed by atoms with Crippen molar-refractivity contribution in [2.75, 3.05) is 6.61 Å². The molecule has 0 aromatic heterocycles. The maximum Gasteiger partial charge on any atom is 0.422 e. The van der Waals surface area contributed by atoms with Gasteiger partial charge in [-0.15, -0.1) is 0 Å². The van der Waals surface area contributed by atoms with Gasteiger partial charge in [-0.25, -0.2) is 0 Å². The van der Waals surface area contributed by atoms with Gasteiger partial charge >= 0.3 is 23.9 Å². The first-order chi connectivity index (χ1) is 7.31. The Morgan fingerprint density at radius 3 is 1.76 bits per heavy atom. The quantitative estimate of drug-likeness (QED) is 0.701. The second-order valence-electron chi connectivity index (χ2n) is 3.18. The lowest BCUT2D eigenvalue weighted by Gasteiger charge is -2.24. The van der Waals surface area contributed by atoms with Crippen LogP contribution in [-0.4, -0.2) is 30.6 Å². The van der Waals surface area contributed by atoms with Crippen LogP contribution in [-0.2, 0) is 4.74 Å². The van der Waals surface area contributed by atoms with Crippen molar-refractivity contribution in [3.8, 4) is 0 Å². The summed E-state index contributed by atoms with van der Waals surface area (Å²) in [6.07, 6.45) is -6.11. The largest absolute Gasteiger partial charge is 0.482 e. The van der Waals surface area contributed by atoms with E-state index in [-0.39, 0.29) is 0 Å². The Balaban J connectivity index is 2.95. The number of allylic oxidation sites excluding steroid dienone is 2. The second kappa shape index (κ2) is 3.45. The Labute approximate surface area is 87.8 Å². The van der Waals surface area contributed by atoms with Gasteiger partial charge in [0.1, 0.15) is 0 Å². The molecule has 0 saturated heterocycles. The number of ether oxygens (including phenoxy) is 1. The predicted molar refractivity (Wildman–Crippen MR) is 34.9 cm³/mol. The third-order valence-corrected chi connectivity index (χ3v) is 1.83. The average Bonchev–Trinajstić information content (AvgIpc) is 2.19. The molecule has 0 N–H and O–H groups in total. The Morgan fingerprint density at radius 2 is 1.47 bits per heavy atom. The average molecular weight is 274 g/mol. The first-order valence-corrected chi connectivity index (χ1v) is 3.87. The van der Waals surface area contributed by atoms with Gasteiger partial charge in [0.25, 0.3) is 0 Å². The molecule has 0 bridgehead atoms. The zero-order valence-corrected chi connectivity index (χ0v) is 7.59. The minimum atomic E-state index is -5.82. The van der Waals surface area contributed by atoms with Crippen LogP contribution in [0.5, 0.6) is 0 Å². The second-order valence-corrected chi connectivity index (χ2v) is 3.18. The topological polar surface area (TPSA) is 9.23 Å². The molecule has 100 valence electrons. The highest BCUT2D eigenvalue weighted by Gasteiger charge is 2.78. The molecule has 1 aliphatic carbocycles. The van der Waals surface area contributed by atoms with Crippen LogP contribution in [0, 0.1) is 0 Å². The monoisotopic (exact) mass is 274 g/mol. The number of hydrogen-bond donors (Lipinski definition) is 0. The maximum atomic E-state index is 12.7. The fourth-order valence-corrected chi connectivity index (χ4v) is 1.00. The van der Waals surface area contributed by atoms with Crippen molar-refractivity contribution in [1.82, 2.24) is 0 Å². The molecule has 0 aromatic carbocycles. The fraction of sp³-hybridized carbons (Fsp3) is 0.714. The van der Waals surface area contributed by atoms with E-state index >= 15 is 0 Å². The van der Waals surface area contributed by atoms with Crippen molar-refractivity contribution in [2.45, 2.75) is 23.9 Å². The molecule has 0 heterocycles. The molecular weight excluding hydrogens is 271 g/mol. The van der Waals surface area contributed by atoms with Gasteiger partial charge < -0.3 is 4.74 Å². The molecule has 10 heteroatoms. The van der Waals surface area contributed by atoms with Gasteiger partial charge in [-0.2, -0.15) is 39.5 Å². The molecule has 0 unspecified atom stereocenters. The number of hydrogen-bond acceptors (Lipinski definition) is 1. The van der Waals surface area contributed by atoms with Gasteiger partial charge in [0.15, 0.2) is 12.4 Å². The normalized spacial score (nSPS) is 25.6. The molecule has 0 amide bonds. The molecule has 1 nitrogen and oxygen atoms in total. The van der Waals surface area contributed by atoms with E-state index in [0.717, 1.165) is 0 Å². The Kier molecular flexibility index (Phi) is 2.84. The molecular formula is C7H3F9O. The molecule has 0 fully saturated rings. The lowest BCUT2D eigenvalue weighted by Crippen LogP contribution is -2.48. The summed E-state index contributed by atoms with van der Waals surface area (Å²) in [6.45, 7) is -2.36. The smallest absolute Gasteiger partial charge is 0.422 e. The minimum absolute atomic E-state index is 1.00. The van der Waals surface area contributed by atoms with E-state index in [1.807, 2.05) is 0 Å². The van der Waals surface area contributed by atoms with Gasteiger partial charge in [0.05, 0.1) is 0 Å². The van der Waals surface area contributed by atoms with E-state index in [0.29, 0.717) is 0 Å². The SMILES string of the molecule is FC(F)(F)COC1=CC(F)(F)C(F)(F)C1(F)F. The molecule has 1 rings (SSSR count). The van der Waals surface area contributed by atoms with E-state index in [2.05, 4.69) is 4.74 Å². The molecule has 0 atom stereocenters. The standard InChI is InChI=1S/C7H3F9O/c8-4(9)1-3(17-2-5(10,11)12)6(13,14)7(4,15)16/h1H,2H2. The van der Waals surface area contributed by atoms with Crippen molar-refractivity contribution < 1.29 is 44.3 Å². The summed E-state index contributed by atoms with van der Waals surface area (Å²) in [5, 5.41) is 0. The minimum Gasteiger partial charge on any atom is -0.482 e. The molecule has 0 radical (unpaired) electrons. The van der Waals surface area contributed by atoms with Crippen molar-refractivity contribution in [3.63, 3.8) is 0 Å². The van der Waals surface area contributed by atoms with Gasteiger partial charge in [0.2, 0.25) is 0 Å². The Bertz CT molecular complexity index is 340. The Hall–Kier alpha value is -1.09. The van der Waals surface area contributed by atoms with Crippen LogP contribution in [0.25, 0.3) is 0 Å². The molecule has 1 aliphatic rings. The molecule has 0 aromatic rings.